The molecular weight excluding hydrogens is 226 g/mol. The fourth-order valence-corrected chi connectivity index (χ4v) is 1.77. The van der Waals surface area contributed by atoms with Crippen LogP contribution >= 0.6 is 11.6 Å². The molecule has 1 unspecified atom stereocenters. The van der Waals surface area contributed by atoms with Crippen LogP contribution in [0.25, 0.3) is 0 Å². The summed E-state index contributed by atoms with van der Waals surface area (Å²) in [5.74, 6) is 1.18. The highest BCUT2D eigenvalue weighted by atomic mass is 35.5. The molecule has 1 aliphatic carbocycles. The van der Waals surface area contributed by atoms with E-state index in [-0.39, 0.29) is 6.10 Å². The zero-order chi connectivity index (χ0) is 11.7. The second-order valence-electron chi connectivity index (χ2n) is 4.38. The molecule has 2 N–H and O–H groups in total. The fraction of sp³-hybridized carbons (Fsp3) is 0.636. The lowest BCUT2D eigenvalue weighted by Crippen LogP contribution is -2.22. The number of halogens is 1. The van der Waals surface area contributed by atoms with Gasteiger partial charge in [0.25, 0.3) is 0 Å². The van der Waals surface area contributed by atoms with Crippen molar-refractivity contribution < 1.29 is 5.11 Å². The Morgan fingerprint density at radius 1 is 1.38 bits per heavy atom. The molecule has 0 spiro atoms. The van der Waals surface area contributed by atoms with Gasteiger partial charge in [0.2, 0.25) is 0 Å². The third-order valence-electron chi connectivity index (χ3n) is 3.11. The Morgan fingerprint density at radius 2 is 2.06 bits per heavy atom. The minimum atomic E-state index is -0.280. The fourth-order valence-electron chi connectivity index (χ4n) is 1.59. The number of rotatable bonds is 4. The molecule has 1 atom stereocenters. The molecule has 1 aliphatic rings. The Bertz CT molecular complexity index is 393. The quantitative estimate of drug-likeness (QED) is 0.846. The number of hydrogen-bond donors (Lipinski definition) is 2. The summed E-state index contributed by atoms with van der Waals surface area (Å²) < 4.78 is 0. The number of aliphatic hydroxyl groups excluding tert-OH is 1. The average Bonchev–Trinajstić information content (AvgIpc) is 3.08. The van der Waals surface area contributed by atoms with Crippen LogP contribution < -0.4 is 5.32 Å². The second kappa shape index (κ2) is 4.55. The van der Waals surface area contributed by atoms with Crippen LogP contribution in [-0.2, 0) is 0 Å². The summed E-state index contributed by atoms with van der Waals surface area (Å²) in [4.78, 5) is 0. The first-order valence-electron chi connectivity index (χ1n) is 5.51. The molecule has 16 heavy (non-hydrogen) atoms. The molecule has 1 heterocycles. The molecule has 1 aromatic heterocycles. The SMILES string of the molecule is Cc1c(Cl)nnc(NCC(O)C2CC2)c1C. The lowest BCUT2D eigenvalue weighted by atomic mass is 10.2. The van der Waals surface area contributed by atoms with Crippen LogP contribution in [-0.4, -0.2) is 28.0 Å². The summed E-state index contributed by atoms with van der Waals surface area (Å²) in [6.45, 7) is 4.39. The van der Waals surface area contributed by atoms with Crippen molar-refractivity contribution >= 4 is 17.4 Å². The van der Waals surface area contributed by atoms with Crippen molar-refractivity contribution in [2.24, 2.45) is 5.92 Å². The summed E-state index contributed by atoms with van der Waals surface area (Å²) >= 11 is 5.86. The van der Waals surface area contributed by atoms with Crippen LogP contribution in [0.15, 0.2) is 0 Å². The van der Waals surface area contributed by atoms with Gasteiger partial charge in [0, 0.05) is 6.54 Å². The lowest BCUT2D eigenvalue weighted by molar-refractivity contribution is 0.164. The van der Waals surface area contributed by atoms with Gasteiger partial charge in [-0.1, -0.05) is 11.6 Å². The predicted octanol–water partition coefficient (Wildman–Crippen LogP) is 1.93. The van der Waals surface area contributed by atoms with Crippen LogP contribution in [0.5, 0.6) is 0 Å². The molecule has 1 fully saturated rings. The van der Waals surface area contributed by atoms with Gasteiger partial charge in [-0.2, -0.15) is 0 Å². The van der Waals surface area contributed by atoms with E-state index in [0.29, 0.717) is 23.4 Å². The third kappa shape index (κ3) is 2.44. The molecule has 0 aliphatic heterocycles. The van der Waals surface area contributed by atoms with Gasteiger partial charge in [0.1, 0.15) is 0 Å². The van der Waals surface area contributed by atoms with E-state index in [4.69, 9.17) is 11.6 Å². The molecular formula is C11H16ClN3O. The number of aromatic nitrogens is 2. The van der Waals surface area contributed by atoms with Gasteiger partial charge in [0.05, 0.1) is 6.10 Å². The van der Waals surface area contributed by atoms with Crippen molar-refractivity contribution in [3.8, 4) is 0 Å². The molecule has 0 aromatic carbocycles. The Hall–Kier alpha value is -0.870. The Morgan fingerprint density at radius 3 is 2.69 bits per heavy atom. The van der Waals surface area contributed by atoms with E-state index in [1.807, 2.05) is 13.8 Å². The first-order chi connectivity index (χ1) is 7.59. The van der Waals surface area contributed by atoms with E-state index >= 15 is 0 Å². The van der Waals surface area contributed by atoms with Gasteiger partial charge in [0.15, 0.2) is 11.0 Å². The summed E-state index contributed by atoms with van der Waals surface area (Å²) in [5, 5.41) is 21.1. The summed E-state index contributed by atoms with van der Waals surface area (Å²) in [5.41, 5.74) is 1.92. The van der Waals surface area contributed by atoms with Crippen molar-refractivity contribution in [3.63, 3.8) is 0 Å². The van der Waals surface area contributed by atoms with Crippen molar-refractivity contribution in [3.05, 3.63) is 16.3 Å². The second-order valence-corrected chi connectivity index (χ2v) is 4.73. The lowest BCUT2D eigenvalue weighted by Gasteiger charge is -2.13. The van der Waals surface area contributed by atoms with Crippen LogP contribution in [0.4, 0.5) is 5.82 Å². The number of anilines is 1. The van der Waals surface area contributed by atoms with E-state index in [2.05, 4.69) is 15.5 Å². The number of nitrogens with zero attached hydrogens (tertiary/aromatic N) is 2. The predicted molar refractivity (Wildman–Crippen MR) is 63.7 cm³/mol. The topological polar surface area (TPSA) is 58.0 Å². The highest BCUT2D eigenvalue weighted by Crippen LogP contribution is 2.32. The molecule has 0 amide bonds. The maximum absolute atomic E-state index is 9.73. The highest BCUT2D eigenvalue weighted by molar-refractivity contribution is 6.30. The number of hydrogen-bond acceptors (Lipinski definition) is 4. The van der Waals surface area contributed by atoms with Gasteiger partial charge in [-0.3, -0.25) is 0 Å². The third-order valence-corrected chi connectivity index (χ3v) is 3.47. The van der Waals surface area contributed by atoms with E-state index in [9.17, 15) is 5.11 Å². The minimum Gasteiger partial charge on any atom is -0.391 e. The summed E-state index contributed by atoms with van der Waals surface area (Å²) in [6.07, 6.45) is 1.98. The van der Waals surface area contributed by atoms with Gasteiger partial charge in [-0.25, -0.2) is 0 Å². The molecule has 0 bridgehead atoms. The van der Waals surface area contributed by atoms with E-state index in [1.54, 1.807) is 0 Å². The highest BCUT2D eigenvalue weighted by Gasteiger charge is 2.29. The molecule has 4 nitrogen and oxygen atoms in total. The minimum absolute atomic E-state index is 0.280. The van der Waals surface area contributed by atoms with Crippen LogP contribution in [0, 0.1) is 19.8 Å². The van der Waals surface area contributed by atoms with Crippen LogP contribution in [0.1, 0.15) is 24.0 Å². The largest absolute Gasteiger partial charge is 0.391 e. The molecule has 5 heteroatoms. The van der Waals surface area contributed by atoms with E-state index in [1.165, 1.54) is 0 Å². The maximum atomic E-state index is 9.73. The van der Waals surface area contributed by atoms with Gasteiger partial charge < -0.3 is 10.4 Å². The molecule has 0 radical (unpaired) electrons. The molecule has 88 valence electrons. The Labute approximate surface area is 100 Å². The Kier molecular flexibility index (Phi) is 3.30. The normalized spacial score (nSPS) is 17.2. The molecule has 1 saturated carbocycles. The molecule has 0 saturated heterocycles. The van der Waals surface area contributed by atoms with Crippen LogP contribution in [0.2, 0.25) is 5.15 Å². The average molecular weight is 242 g/mol. The number of aliphatic hydroxyl groups is 1. The molecule has 1 aromatic rings. The van der Waals surface area contributed by atoms with Crippen molar-refractivity contribution in [2.75, 3.05) is 11.9 Å². The molecule has 2 rings (SSSR count). The van der Waals surface area contributed by atoms with E-state index < -0.39 is 0 Å². The summed E-state index contributed by atoms with van der Waals surface area (Å²) in [7, 11) is 0. The summed E-state index contributed by atoms with van der Waals surface area (Å²) in [6, 6.07) is 0. The van der Waals surface area contributed by atoms with Crippen molar-refractivity contribution in [1.82, 2.24) is 10.2 Å². The standard InChI is InChI=1S/C11H16ClN3O/c1-6-7(2)11(15-14-10(6)12)13-5-9(16)8-3-4-8/h8-9,16H,3-5H2,1-2H3,(H,13,15). The zero-order valence-corrected chi connectivity index (χ0v) is 10.3. The monoisotopic (exact) mass is 241 g/mol. The Balaban J connectivity index is 2.01. The van der Waals surface area contributed by atoms with Gasteiger partial charge in [-0.05, 0) is 43.7 Å². The van der Waals surface area contributed by atoms with Crippen molar-refractivity contribution in [1.29, 1.82) is 0 Å². The van der Waals surface area contributed by atoms with Gasteiger partial charge >= 0.3 is 0 Å². The smallest absolute Gasteiger partial charge is 0.155 e. The van der Waals surface area contributed by atoms with Crippen LogP contribution in [0.3, 0.4) is 0 Å². The number of nitrogens with one attached hydrogen (secondary N) is 1. The first-order valence-corrected chi connectivity index (χ1v) is 5.88. The maximum Gasteiger partial charge on any atom is 0.155 e. The van der Waals surface area contributed by atoms with E-state index in [0.717, 1.165) is 24.0 Å². The first kappa shape index (κ1) is 11.6. The van der Waals surface area contributed by atoms with Crippen molar-refractivity contribution in [2.45, 2.75) is 32.8 Å². The van der Waals surface area contributed by atoms with Gasteiger partial charge in [-0.15, -0.1) is 10.2 Å². The zero-order valence-electron chi connectivity index (χ0n) is 9.50.